The maximum Gasteiger partial charge on any atom is 0.239 e. The summed E-state index contributed by atoms with van der Waals surface area (Å²) in [6.07, 6.45) is 0. The number of rotatable bonds is 4. The van der Waals surface area contributed by atoms with Crippen molar-refractivity contribution in [2.75, 3.05) is 62.7 Å². The summed E-state index contributed by atoms with van der Waals surface area (Å²) in [5, 5.41) is 7.11. The molecule has 0 atom stereocenters. The Morgan fingerprint density at radius 2 is 1.81 bits per heavy atom. The minimum Gasteiger partial charge on any atom is -0.368 e. The standard InChI is InChI=1S/C23H29ClN6O/c1-25-23(29-13-11-28(12-14-29)21-4-2-3-19(24)15-21)27-16-18-5-7-20(8-6-18)30-10-9-26-22(31)17-30/h2-8,15H,9-14,16-17H2,1H3,(H,25,27)(H,26,31). The third-order valence-corrected chi connectivity index (χ3v) is 5.99. The van der Waals surface area contributed by atoms with E-state index < -0.39 is 0 Å². The molecule has 0 aliphatic carbocycles. The van der Waals surface area contributed by atoms with E-state index in [1.165, 1.54) is 11.3 Å². The van der Waals surface area contributed by atoms with Crippen molar-refractivity contribution in [2.45, 2.75) is 6.54 Å². The van der Waals surface area contributed by atoms with Crippen molar-refractivity contribution in [3.63, 3.8) is 0 Å². The van der Waals surface area contributed by atoms with E-state index in [0.717, 1.165) is 49.4 Å². The number of amides is 1. The number of hydrogen-bond acceptors (Lipinski definition) is 4. The Bertz CT molecular complexity index is 924. The van der Waals surface area contributed by atoms with Crippen molar-refractivity contribution in [3.8, 4) is 0 Å². The van der Waals surface area contributed by atoms with Crippen molar-refractivity contribution in [2.24, 2.45) is 4.99 Å². The smallest absolute Gasteiger partial charge is 0.239 e. The van der Waals surface area contributed by atoms with Crippen LogP contribution in [-0.2, 0) is 11.3 Å². The molecule has 1 amide bonds. The number of hydrogen-bond donors (Lipinski definition) is 2. The summed E-state index contributed by atoms with van der Waals surface area (Å²) in [4.78, 5) is 22.8. The maximum absolute atomic E-state index is 11.6. The van der Waals surface area contributed by atoms with Gasteiger partial charge in [0.25, 0.3) is 0 Å². The molecular formula is C23H29ClN6O. The number of carbonyl (C=O) groups is 1. The van der Waals surface area contributed by atoms with Crippen LogP contribution in [0.15, 0.2) is 53.5 Å². The van der Waals surface area contributed by atoms with Gasteiger partial charge in [-0.1, -0.05) is 29.8 Å². The zero-order chi connectivity index (χ0) is 21.6. The Hall–Kier alpha value is -2.93. The topological polar surface area (TPSA) is 63.2 Å². The van der Waals surface area contributed by atoms with E-state index in [4.69, 9.17) is 11.6 Å². The van der Waals surface area contributed by atoms with Gasteiger partial charge in [0.15, 0.2) is 5.96 Å². The van der Waals surface area contributed by atoms with Crippen molar-refractivity contribution < 1.29 is 4.79 Å². The van der Waals surface area contributed by atoms with Gasteiger partial charge in [0.1, 0.15) is 0 Å². The second kappa shape index (κ2) is 9.92. The van der Waals surface area contributed by atoms with Crippen LogP contribution in [0.3, 0.4) is 0 Å². The quantitative estimate of drug-likeness (QED) is 0.563. The molecule has 0 spiro atoms. The predicted octanol–water partition coefficient (Wildman–Crippen LogP) is 2.17. The summed E-state index contributed by atoms with van der Waals surface area (Å²) in [7, 11) is 1.83. The van der Waals surface area contributed by atoms with Crippen LogP contribution < -0.4 is 20.4 Å². The van der Waals surface area contributed by atoms with E-state index >= 15 is 0 Å². The average molecular weight is 441 g/mol. The van der Waals surface area contributed by atoms with E-state index in [9.17, 15) is 4.79 Å². The molecular weight excluding hydrogens is 412 g/mol. The van der Waals surface area contributed by atoms with Gasteiger partial charge in [-0.15, -0.1) is 0 Å². The van der Waals surface area contributed by atoms with E-state index in [1.807, 2.05) is 25.2 Å². The molecule has 2 fully saturated rings. The molecule has 0 radical (unpaired) electrons. The second-order valence-electron chi connectivity index (χ2n) is 7.79. The summed E-state index contributed by atoms with van der Waals surface area (Å²) >= 11 is 6.14. The number of piperazine rings is 2. The summed E-state index contributed by atoms with van der Waals surface area (Å²) in [6.45, 7) is 6.34. The van der Waals surface area contributed by atoms with Crippen LogP contribution in [0.5, 0.6) is 0 Å². The number of guanidine groups is 1. The minimum absolute atomic E-state index is 0.0799. The Labute approximate surface area is 188 Å². The highest BCUT2D eigenvalue weighted by Crippen LogP contribution is 2.21. The Morgan fingerprint density at radius 3 is 2.48 bits per heavy atom. The molecule has 31 heavy (non-hydrogen) atoms. The van der Waals surface area contributed by atoms with E-state index in [1.54, 1.807) is 0 Å². The van der Waals surface area contributed by atoms with Gasteiger partial charge >= 0.3 is 0 Å². The van der Waals surface area contributed by atoms with Gasteiger partial charge < -0.3 is 25.3 Å². The molecule has 0 aromatic heterocycles. The summed E-state index contributed by atoms with van der Waals surface area (Å²) in [5.41, 5.74) is 3.44. The fraction of sp³-hybridized carbons (Fsp3) is 0.391. The fourth-order valence-electron chi connectivity index (χ4n) is 4.05. The van der Waals surface area contributed by atoms with Gasteiger partial charge in [0, 0.05) is 69.3 Å². The molecule has 0 bridgehead atoms. The number of nitrogens with one attached hydrogen (secondary N) is 2. The van der Waals surface area contributed by atoms with Crippen LogP contribution in [0.2, 0.25) is 5.02 Å². The van der Waals surface area contributed by atoms with Crippen LogP contribution in [-0.4, -0.2) is 69.6 Å². The molecule has 2 aromatic rings. The van der Waals surface area contributed by atoms with Gasteiger partial charge in [-0.2, -0.15) is 0 Å². The van der Waals surface area contributed by atoms with Gasteiger partial charge in [0.2, 0.25) is 5.91 Å². The van der Waals surface area contributed by atoms with Crippen LogP contribution in [0.25, 0.3) is 0 Å². The SMILES string of the molecule is CN=C(NCc1ccc(N2CCNC(=O)C2)cc1)N1CCN(c2cccc(Cl)c2)CC1. The molecule has 0 saturated carbocycles. The zero-order valence-corrected chi connectivity index (χ0v) is 18.6. The number of anilines is 2. The maximum atomic E-state index is 11.6. The van der Waals surface area contributed by atoms with Crippen molar-refractivity contribution in [3.05, 3.63) is 59.1 Å². The highest BCUT2D eigenvalue weighted by atomic mass is 35.5. The highest BCUT2D eigenvalue weighted by molar-refractivity contribution is 6.30. The van der Waals surface area contributed by atoms with Crippen LogP contribution >= 0.6 is 11.6 Å². The first-order valence-electron chi connectivity index (χ1n) is 10.7. The number of carbonyl (C=O) groups excluding carboxylic acids is 1. The lowest BCUT2D eigenvalue weighted by Gasteiger charge is -2.37. The molecule has 8 heteroatoms. The lowest BCUT2D eigenvalue weighted by Crippen LogP contribution is -2.52. The first kappa shape index (κ1) is 21.3. The normalized spacial score (nSPS) is 17.5. The molecule has 2 heterocycles. The number of aliphatic imine (C=N–C) groups is 1. The summed E-state index contributed by atoms with van der Waals surface area (Å²) in [6, 6.07) is 16.4. The zero-order valence-electron chi connectivity index (χ0n) is 17.9. The van der Waals surface area contributed by atoms with E-state index in [2.05, 4.69) is 60.7 Å². The molecule has 2 saturated heterocycles. The number of benzene rings is 2. The molecule has 2 aliphatic rings. The summed E-state index contributed by atoms with van der Waals surface area (Å²) in [5.74, 6) is 0.999. The van der Waals surface area contributed by atoms with Crippen LogP contribution in [0, 0.1) is 0 Å². The monoisotopic (exact) mass is 440 g/mol. The molecule has 2 N–H and O–H groups in total. The molecule has 2 aromatic carbocycles. The molecule has 4 rings (SSSR count). The Morgan fingerprint density at radius 1 is 1.03 bits per heavy atom. The lowest BCUT2D eigenvalue weighted by atomic mass is 10.2. The van der Waals surface area contributed by atoms with E-state index in [0.29, 0.717) is 19.6 Å². The van der Waals surface area contributed by atoms with E-state index in [-0.39, 0.29) is 5.91 Å². The first-order valence-corrected chi connectivity index (χ1v) is 11.1. The predicted molar refractivity (Wildman–Crippen MR) is 127 cm³/mol. The van der Waals surface area contributed by atoms with Crippen molar-refractivity contribution >= 4 is 34.8 Å². The molecule has 7 nitrogen and oxygen atoms in total. The third-order valence-electron chi connectivity index (χ3n) is 5.75. The van der Waals surface area contributed by atoms with Gasteiger partial charge in [-0.25, -0.2) is 0 Å². The van der Waals surface area contributed by atoms with Crippen LogP contribution in [0.1, 0.15) is 5.56 Å². The first-order chi connectivity index (χ1) is 15.1. The Balaban J connectivity index is 1.28. The third kappa shape index (κ3) is 5.41. The second-order valence-corrected chi connectivity index (χ2v) is 8.23. The lowest BCUT2D eigenvalue weighted by molar-refractivity contribution is -0.120. The largest absolute Gasteiger partial charge is 0.368 e. The van der Waals surface area contributed by atoms with Gasteiger partial charge in [-0.05, 0) is 35.9 Å². The minimum atomic E-state index is 0.0799. The Kier molecular flexibility index (Phi) is 6.82. The molecule has 164 valence electrons. The van der Waals surface area contributed by atoms with Crippen molar-refractivity contribution in [1.29, 1.82) is 0 Å². The average Bonchev–Trinajstić information content (AvgIpc) is 2.80. The highest BCUT2D eigenvalue weighted by Gasteiger charge is 2.20. The summed E-state index contributed by atoms with van der Waals surface area (Å²) < 4.78 is 0. The fourth-order valence-corrected chi connectivity index (χ4v) is 4.23. The number of halogens is 1. The van der Waals surface area contributed by atoms with Gasteiger partial charge in [0.05, 0.1) is 6.54 Å². The van der Waals surface area contributed by atoms with Crippen LogP contribution in [0.4, 0.5) is 11.4 Å². The molecule has 2 aliphatic heterocycles. The van der Waals surface area contributed by atoms with Gasteiger partial charge in [-0.3, -0.25) is 9.79 Å². The molecule has 0 unspecified atom stereocenters. The number of nitrogens with zero attached hydrogens (tertiary/aromatic N) is 4. The van der Waals surface area contributed by atoms with Crippen molar-refractivity contribution in [1.82, 2.24) is 15.5 Å².